The molecule has 29 heavy (non-hydrogen) atoms. The highest BCUT2D eigenvalue weighted by Crippen LogP contribution is 2.38. The summed E-state index contributed by atoms with van der Waals surface area (Å²) in [6, 6.07) is 0. The molecule has 0 unspecified atom stereocenters. The number of thiophene rings is 1. The number of morpholine rings is 1. The topological polar surface area (TPSA) is 68.1 Å². The zero-order valence-corrected chi connectivity index (χ0v) is 17.8. The number of aryl methyl sites for hydroxylation is 3. The van der Waals surface area contributed by atoms with Gasteiger partial charge in [0.15, 0.2) is 0 Å². The molecule has 3 aromatic rings. The van der Waals surface area contributed by atoms with E-state index >= 15 is 0 Å². The van der Waals surface area contributed by atoms with Crippen molar-refractivity contribution in [1.82, 2.24) is 24.6 Å². The van der Waals surface area contributed by atoms with Crippen LogP contribution in [0.25, 0.3) is 10.2 Å². The van der Waals surface area contributed by atoms with Gasteiger partial charge in [0.25, 0.3) is 0 Å². The van der Waals surface area contributed by atoms with E-state index in [0.29, 0.717) is 0 Å². The van der Waals surface area contributed by atoms with Gasteiger partial charge in [0.2, 0.25) is 0 Å². The van der Waals surface area contributed by atoms with E-state index in [4.69, 9.17) is 14.7 Å². The van der Waals surface area contributed by atoms with E-state index in [1.807, 2.05) is 22.2 Å². The second-order valence-electron chi connectivity index (χ2n) is 7.98. The fraction of sp³-hybridized carbons (Fsp3) is 0.571. The van der Waals surface area contributed by atoms with Crippen LogP contribution in [0.5, 0.6) is 0 Å². The molecular formula is C21H28N6OS. The number of fused-ring (bicyclic) bond motifs is 3. The first-order chi connectivity index (χ1) is 14.3. The first kappa shape index (κ1) is 19.0. The third-order valence-corrected chi connectivity index (χ3v) is 6.91. The molecule has 5 rings (SSSR count). The molecule has 8 heteroatoms. The minimum absolute atomic E-state index is 0.787. The van der Waals surface area contributed by atoms with E-state index in [1.54, 1.807) is 0 Å². The Balaban J connectivity index is 1.42. The highest BCUT2D eigenvalue weighted by atomic mass is 32.1. The lowest BCUT2D eigenvalue weighted by molar-refractivity contribution is 0.0331. The van der Waals surface area contributed by atoms with E-state index < -0.39 is 0 Å². The normalized spacial score (nSPS) is 17.6. The molecule has 1 saturated heterocycles. The molecule has 3 aromatic heterocycles. The van der Waals surface area contributed by atoms with Crippen LogP contribution in [0, 0.1) is 6.92 Å². The van der Waals surface area contributed by atoms with Crippen LogP contribution in [0.2, 0.25) is 0 Å². The van der Waals surface area contributed by atoms with Crippen LogP contribution in [0.15, 0.2) is 12.4 Å². The van der Waals surface area contributed by atoms with E-state index in [1.165, 1.54) is 40.7 Å². The molecule has 1 aliphatic heterocycles. The highest BCUT2D eigenvalue weighted by molar-refractivity contribution is 7.19. The van der Waals surface area contributed by atoms with Gasteiger partial charge < -0.3 is 10.1 Å². The van der Waals surface area contributed by atoms with E-state index in [-0.39, 0.29) is 0 Å². The molecule has 4 heterocycles. The number of aromatic nitrogens is 4. The second kappa shape index (κ2) is 8.38. The quantitative estimate of drug-likeness (QED) is 0.671. The fourth-order valence-corrected chi connectivity index (χ4v) is 5.52. The molecule has 0 aromatic carbocycles. The Labute approximate surface area is 175 Å². The lowest BCUT2D eigenvalue weighted by Gasteiger charge is -2.25. The predicted octanol–water partition coefficient (Wildman–Crippen LogP) is 3.02. The van der Waals surface area contributed by atoms with Crippen LogP contribution >= 0.6 is 11.3 Å². The summed E-state index contributed by atoms with van der Waals surface area (Å²) in [7, 11) is 0. The number of ether oxygens (including phenoxy) is 1. The Morgan fingerprint density at radius 2 is 2.03 bits per heavy atom. The van der Waals surface area contributed by atoms with E-state index in [2.05, 4.69) is 28.4 Å². The maximum atomic E-state index is 5.48. The third-order valence-electron chi connectivity index (χ3n) is 5.73. The summed E-state index contributed by atoms with van der Waals surface area (Å²) in [4.78, 5) is 15.0. The van der Waals surface area contributed by atoms with Crippen molar-refractivity contribution in [2.24, 2.45) is 0 Å². The van der Waals surface area contributed by atoms with Gasteiger partial charge in [0.05, 0.1) is 37.9 Å². The summed E-state index contributed by atoms with van der Waals surface area (Å²) in [5.74, 6) is 1.91. The Kier molecular flexibility index (Phi) is 5.48. The molecule has 2 aliphatic rings. The Hall–Kier alpha value is -2.03. The maximum absolute atomic E-state index is 5.48. The minimum atomic E-state index is 0.787. The first-order valence-corrected chi connectivity index (χ1v) is 11.4. The number of nitrogens with zero attached hydrogens (tertiary/aromatic N) is 5. The van der Waals surface area contributed by atoms with Crippen molar-refractivity contribution < 1.29 is 4.74 Å². The molecule has 7 nitrogen and oxygen atoms in total. The van der Waals surface area contributed by atoms with Crippen molar-refractivity contribution in [3.05, 3.63) is 34.2 Å². The largest absolute Gasteiger partial charge is 0.379 e. The second-order valence-corrected chi connectivity index (χ2v) is 9.06. The molecule has 1 fully saturated rings. The number of anilines is 1. The molecule has 0 radical (unpaired) electrons. The number of rotatable bonds is 6. The lowest BCUT2D eigenvalue weighted by Crippen LogP contribution is -2.36. The molecule has 0 amide bonds. The Bertz CT molecular complexity index is 991. The van der Waals surface area contributed by atoms with Crippen molar-refractivity contribution in [2.75, 3.05) is 38.2 Å². The number of hydrogen-bond donors (Lipinski definition) is 1. The summed E-state index contributed by atoms with van der Waals surface area (Å²) in [5.41, 5.74) is 2.67. The molecule has 0 bridgehead atoms. The summed E-state index contributed by atoms with van der Waals surface area (Å²) in [5, 5.41) is 9.26. The third kappa shape index (κ3) is 4.15. The van der Waals surface area contributed by atoms with Gasteiger partial charge in [-0.25, -0.2) is 9.97 Å². The maximum Gasteiger partial charge on any atom is 0.146 e. The first-order valence-electron chi connectivity index (χ1n) is 10.6. The standard InChI is InChI=1S/C21H28N6OS/c1-15-12-23-27(13-15)7-6-22-20-19-16-4-2-3-5-17(16)29-21(19)25-18(24-20)14-26-8-10-28-11-9-26/h12-13H,2-11,14H2,1H3,(H,22,24,25). The molecule has 1 aliphatic carbocycles. The van der Waals surface area contributed by atoms with Gasteiger partial charge in [0, 0.05) is 30.7 Å². The summed E-state index contributed by atoms with van der Waals surface area (Å²) < 4.78 is 7.47. The van der Waals surface area contributed by atoms with E-state index in [0.717, 1.165) is 68.8 Å². The number of nitrogens with one attached hydrogen (secondary N) is 1. The Morgan fingerprint density at radius 1 is 1.17 bits per heavy atom. The average Bonchev–Trinajstić information content (AvgIpc) is 3.31. The highest BCUT2D eigenvalue weighted by Gasteiger charge is 2.22. The molecule has 0 saturated carbocycles. The fourth-order valence-electron chi connectivity index (χ4n) is 4.24. The van der Waals surface area contributed by atoms with Crippen LogP contribution < -0.4 is 5.32 Å². The van der Waals surface area contributed by atoms with Crippen LogP contribution in [-0.4, -0.2) is 57.5 Å². The van der Waals surface area contributed by atoms with Crippen molar-refractivity contribution in [3.63, 3.8) is 0 Å². The lowest BCUT2D eigenvalue weighted by atomic mass is 9.97. The zero-order valence-electron chi connectivity index (χ0n) is 17.0. The molecular weight excluding hydrogens is 384 g/mol. The smallest absolute Gasteiger partial charge is 0.146 e. The predicted molar refractivity (Wildman–Crippen MR) is 116 cm³/mol. The summed E-state index contributed by atoms with van der Waals surface area (Å²) >= 11 is 1.87. The molecule has 154 valence electrons. The van der Waals surface area contributed by atoms with Crippen LogP contribution in [-0.2, 0) is 30.7 Å². The van der Waals surface area contributed by atoms with Crippen molar-refractivity contribution in [3.8, 4) is 0 Å². The van der Waals surface area contributed by atoms with Crippen molar-refractivity contribution in [1.29, 1.82) is 0 Å². The molecule has 0 spiro atoms. The number of hydrogen-bond acceptors (Lipinski definition) is 7. The van der Waals surface area contributed by atoms with Crippen LogP contribution in [0.1, 0.15) is 34.7 Å². The zero-order chi connectivity index (χ0) is 19.6. The van der Waals surface area contributed by atoms with Crippen LogP contribution in [0.4, 0.5) is 5.82 Å². The van der Waals surface area contributed by atoms with Crippen molar-refractivity contribution >= 4 is 27.4 Å². The van der Waals surface area contributed by atoms with Gasteiger partial charge in [-0.15, -0.1) is 11.3 Å². The van der Waals surface area contributed by atoms with Gasteiger partial charge in [-0.2, -0.15) is 5.10 Å². The van der Waals surface area contributed by atoms with Gasteiger partial charge >= 0.3 is 0 Å². The average molecular weight is 413 g/mol. The minimum Gasteiger partial charge on any atom is -0.379 e. The van der Waals surface area contributed by atoms with Gasteiger partial charge in [0.1, 0.15) is 16.5 Å². The summed E-state index contributed by atoms with van der Waals surface area (Å²) in [6.07, 6.45) is 8.86. The van der Waals surface area contributed by atoms with Crippen molar-refractivity contribution in [2.45, 2.75) is 45.7 Å². The monoisotopic (exact) mass is 412 g/mol. The Morgan fingerprint density at radius 3 is 2.86 bits per heavy atom. The van der Waals surface area contributed by atoms with Crippen LogP contribution in [0.3, 0.4) is 0 Å². The van der Waals surface area contributed by atoms with E-state index in [9.17, 15) is 0 Å². The molecule has 0 atom stereocenters. The molecule has 1 N–H and O–H groups in total. The van der Waals surface area contributed by atoms with Gasteiger partial charge in [-0.3, -0.25) is 9.58 Å². The van der Waals surface area contributed by atoms with Gasteiger partial charge in [-0.05, 0) is 43.7 Å². The SMILES string of the molecule is Cc1cnn(CCNc2nc(CN3CCOCC3)nc3sc4c(c23)CCCC4)c1. The van der Waals surface area contributed by atoms with Gasteiger partial charge in [-0.1, -0.05) is 0 Å². The summed E-state index contributed by atoms with van der Waals surface area (Å²) in [6.45, 7) is 7.97.